The van der Waals surface area contributed by atoms with Gasteiger partial charge < -0.3 is 4.74 Å². The number of esters is 1. The fourth-order valence-corrected chi connectivity index (χ4v) is 1.56. The Morgan fingerprint density at radius 3 is 2.31 bits per heavy atom. The third-order valence-electron chi connectivity index (χ3n) is 2.97. The first-order valence-corrected chi connectivity index (χ1v) is 6.86. The van der Waals surface area contributed by atoms with E-state index >= 15 is 0 Å². The molecular weight excluding hydrogens is 200 g/mol. The van der Waals surface area contributed by atoms with Gasteiger partial charge in [-0.3, -0.25) is 4.79 Å². The van der Waals surface area contributed by atoms with Crippen LogP contribution in [-0.2, 0) is 9.53 Å². The Morgan fingerprint density at radius 2 is 1.69 bits per heavy atom. The molecule has 0 bridgehead atoms. The molecule has 1 atom stereocenters. The fraction of sp³-hybridized carbons (Fsp3) is 0.929. The van der Waals surface area contributed by atoms with Crippen molar-refractivity contribution in [3.05, 3.63) is 0 Å². The van der Waals surface area contributed by atoms with E-state index in [0.717, 1.165) is 12.8 Å². The van der Waals surface area contributed by atoms with Crippen molar-refractivity contribution in [1.82, 2.24) is 0 Å². The zero-order valence-electron chi connectivity index (χ0n) is 11.3. The normalized spacial score (nSPS) is 12.4. The summed E-state index contributed by atoms with van der Waals surface area (Å²) in [6, 6.07) is 0. The molecule has 2 nitrogen and oxygen atoms in total. The molecule has 0 rings (SSSR count). The Morgan fingerprint density at radius 1 is 1.06 bits per heavy atom. The van der Waals surface area contributed by atoms with E-state index in [-0.39, 0.29) is 5.97 Å². The molecule has 0 saturated carbocycles. The molecule has 0 aromatic rings. The van der Waals surface area contributed by atoms with Gasteiger partial charge in [0.05, 0.1) is 6.61 Å². The van der Waals surface area contributed by atoms with Crippen molar-refractivity contribution >= 4 is 5.97 Å². The van der Waals surface area contributed by atoms with E-state index in [9.17, 15) is 4.79 Å². The number of rotatable bonds is 10. The molecule has 0 aliphatic carbocycles. The molecule has 16 heavy (non-hydrogen) atoms. The number of hydrogen-bond acceptors (Lipinski definition) is 2. The molecule has 0 radical (unpaired) electrons. The van der Waals surface area contributed by atoms with E-state index in [2.05, 4.69) is 20.8 Å². The third kappa shape index (κ3) is 10.0. The van der Waals surface area contributed by atoms with Crippen LogP contribution in [0.2, 0.25) is 0 Å². The lowest BCUT2D eigenvalue weighted by Gasteiger charge is -2.08. The van der Waals surface area contributed by atoms with Gasteiger partial charge in [-0.15, -0.1) is 0 Å². The van der Waals surface area contributed by atoms with Crippen LogP contribution in [0.3, 0.4) is 0 Å². The Kier molecular flexibility index (Phi) is 10.6. The predicted molar refractivity (Wildman–Crippen MR) is 68.4 cm³/mol. The second-order valence-corrected chi connectivity index (χ2v) is 4.71. The van der Waals surface area contributed by atoms with Gasteiger partial charge in [-0.05, 0) is 12.3 Å². The van der Waals surface area contributed by atoms with E-state index in [1.165, 1.54) is 32.1 Å². The van der Waals surface area contributed by atoms with Crippen molar-refractivity contribution in [2.45, 2.75) is 72.1 Å². The number of hydrogen-bond donors (Lipinski definition) is 0. The predicted octanol–water partition coefficient (Wildman–Crippen LogP) is 4.33. The first-order chi connectivity index (χ1) is 7.70. The van der Waals surface area contributed by atoms with Crippen LogP contribution in [0.25, 0.3) is 0 Å². The molecule has 2 heteroatoms. The Bertz CT molecular complexity index is 166. The molecule has 1 unspecified atom stereocenters. The summed E-state index contributed by atoms with van der Waals surface area (Å²) in [6.45, 7) is 7.02. The summed E-state index contributed by atoms with van der Waals surface area (Å²) in [5, 5.41) is 0. The first kappa shape index (κ1) is 15.5. The van der Waals surface area contributed by atoms with Crippen LogP contribution in [0.5, 0.6) is 0 Å². The molecule has 0 heterocycles. The topological polar surface area (TPSA) is 26.3 Å². The standard InChI is InChI=1S/C14H28O2/c1-4-6-7-8-9-10-11-16-14(15)12-13(3)5-2/h13H,4-12H2,1-3H3. The van der Waals surface area contributed by atoms with Gasteiger partial charge in [0, 0.05) is 6.42 Å². The smallest absolute Gasteiger partial charge is 0.306 e. The van der Waals surface area contributed by atoms with Crippen LogP contribution >= 0.6 is 0 Å². The average molecular weight is 228 g/mol. The van der Waals surface area contributed by atoms with Crippen molar-refractivity contribution < 1.29 is 9.53 Å². The molecule has 0 aromatic carbocycles. The summed E-state index contributed by atoms with van der Waals surface area (Å²) in [7, 11) is 0. The van der Waals surface area contributed by atoms with E-state index < -0.39 is 0 Å². The highest BCUT2D eigenvalue weighted by Gasteiger charge is 2.07. The molecule has 0 spiro atoms. The lowest BCUT2D eigenvalue weighted by atomic mass is 10.1. The van der Waals surface area contributed by atoms with E-state index in [4.69, 9.17) is 4.74 Å². The molecule has 0 amide bonds. The van der Waals surface area contributed by atoms with Crippen LogP contribution in [0.1, 0.15) is 72.1 Å². The summed E-state index contributed by atoms with van der Waals surface area (Å²) in [4.78, 5) is 11.3. The van der Waals surface area contributed by atoms with Gasteiger partial charge in [0.1, 0.15) is 0 Å². The van der Waals surface area contributed by atoms with Crippen molar-refractivity contribution in [2.24, 2.45) is 5.92 Å². The number of unbranched alkanes of at least 4 members (excludes halogenated alkanes) is 5. The van der Waals surface area contributed by atoms with E-state index in [1.54, 1.807) is 0 Å². The molecule has 0 saturated heterocycles. The van der Waals surface area contributed by atoms with Crippen LogP contribution in [0.15, 0.2) is 0 Å². The molecule has 0 aliphatic rings. The number of carbonyl (C=O) groups is 1. The number of carbonyl (C=O) groups excluding carboxylic acids is 1. The summed E-state index contributed by atoms with van der Waals surface area (Å²) in [5.41, 5.74) is 0. The molecule has 0 aliphatic heterocycles. The Balaban J connectivity index is 3.21. The molecule has 96 valence electrons. The van der Waals surface area contributed by atoms with Crippen LogP contribution in [0.4, 0.5) is 0 Å². The van der Waals surface area contributed by atoms with Crippen LogP contribution < -0.4 is 0 Å². The SMILES string of the molecule is CCCCCCCCOC(=O)CC(C)CC. The van der Waals surface area contributed by atoms with Crippen molar-refractivity contribution in [3.8, 4) is 0 Å². The fourth-order valence-electron chi connectivity index (χ4n) is 1.56. The van der Waals surface area contributed by atoms with Gasteiger partial charge in [-0.2, -0.15) is 0 Å². The third-order valence-corrected chi connectivity index (χ3v) is 2.97. The maximum atomic E-state index is 11.3. The summed E-state index contributed by atoms with van der Waals surface area (Å²) in [6.07, 6.45) is 9.04. The second kappa shape index (κ2) is 11.0. The zero-order valence-corrected chi connectivity index (χ0v) is 11.3. The minimum absolute atomic E-state index is 0.0251. The van der Waals surface area contributed by atoms with Gasteiger partial charge in [-0.1, -0.05) is 59.3 Å². The summed E-state index contributed by atoms with van der Waals surface area (Å²) in [5.74, 6) is 0.431. The summed E-state index contributed by atoms with van der Waals surface area (Å²) < 4.78 is 5.18. The van der Waals surface area contributed by atoms with E-state index in [1.807, 2.05) is 0 Å². The van der Waals surface area contributed by atoms with Gasteiger partial charge in [0.25, 0.3) is 0 Å². The minimum atomic E-state index is -0.0251. The maximum absolute atomic E-state index is 11.3. The maximum Gasteiger partial charge on any atom is 0.306 e. The quantitative estimate of drug-likeness (QED) is 0.411. The zero-order chi connectivity index (χ0) is 12.2. The van der Waals surface area contributed by atoms with E-state index in [0.29, 0.717) is 18.9 Å². The lowest BCUT2D eigenvalue weighted by Crippen LogP contribution is -2.09. The van der Waals surface area contributed by atoms with Crippen molar-refractivity contribution in [2.75, 3.05) is 6.61 Å². The molecule has 0 N–H and O–H groups in total. The first-order valence-electron chi connectivity index (χ1n) is 6.86. The number of ether oxygens (including phenoxy) is 1. The second-order valence-electron chi connectivity index (χ2n) is 4.71. The van der Waals surface area contributed by atoms with Crippen molar-refractivity contribution in [3.63, 3.8) is 0 Å². The van der Waals surface area contributed by atoms with Gasteiger partial charge in [0.2, 0.25) is 0 Å². The Hall–Kier alpha value is -0.530. The molecular formula is C14H28O2. The average Bonchev–Trinajstić information content (AvgIpc) is 2.27. The monoisotopic (exact) mass is 228 g/mol. The van der Waals surface area contributed by atoms with Crippen LogP contribution in [0, 0.1) is 5.92 Å². The molecule has 0 fully saturated rings. The van der Waals surface area contributed by atoms with Gasteiger partial charge in [0.15, 0.2) is 0 Å². The highest BCUT2D eigenvalue weighted by atomic mass is 16.5. The van der Waals surface area contributed by atoms with Crippen molar-refractivity contribution in [1.29, 1.82) is 0 Å². The van der Waals surface area contributed by atoms with Gasteiger partial charge in [-0.25, -0.2) is 0 Å². The minimum Gasteiger partial charge on any atom is -0.466 e. The molecule has 0 aromatic heterocycles. The Labute approximate surface area is 101 Å². The highest BCUT2D eigenvalue weighted by molar-refractivity contribution is 5.69. The van der Waals surface area contributed by atoms with Gasteiger partial charge >= 0.3 is 5.97 Å². The lowest BCUT2D eigenvalue weighted by molar-refractivity contribution is -0.144. The largest absolute Gasteiger partial charge is 0.466 e. The highest BCUT2D eigenvalue weighted by Crippen LogP contribution is 2.08. The van der Waals surface area contributed by atoms with Crippen LogP contribution in [-0.4, -0.2) is 12.6 Å². The summed E-state index contributed by atoms with van der Waals surface area (Å²) >= 11 is 0.